The number of piperidine rings is 1. The molecule has 2 heterocycles. The van der Waals surface area contributed by atoms with Gasteiger partial charge >= 0.3 is 0 Å². The predicted molar refractivity (Wildman–Crippen MR) is 89.3 cm³/mol. The van der Waals surface area contributed by atoms with Gasteiger partial charge in [-0.1, -0.05) is 25.8 Å². The summed E-state index contributed by atoms with van der Waals surface area (Å²) in [6, 6.07) is 7.18. The van der Waals surface area contributed by atoms with Gasteiger partial charge in [-0.25, -0.2) is 4.39 Å². The number of ether oxygens (including phenoxy) is 1. The highest BCUT2D eigenvalue weighted by molar-refractivity contribution is 5.78. The number of carbonyl (C=O) groups excluding carboxylic acids is 1. The highest BCUT2D eigenvalue weighted by Crippen LogP contribution is 2.48. The molecule has 3 aliphatic rings. The quantitative estimate of drug-likeness (QED) is 0.925. The summed E-state index contributed by atoms with van der Waals surface area (Å²) >= 11 is 0. The Bertz CT molecular complexity index is 638. The fourth-order valence-electron chi connectivity index (χ4n) is 5.06. The van der Waals surface area contributed by atoms with Gasteiger partial charge in [-0.2, -0.15) is 0 Å². The van der Waals surface area contributed by atoms with Crippen LogP contribution in [0.5, 0.6) is 5.75 Å². The Morgan fingerprint density at radius 1 is 1.42 bits per heavy atom. The molecule has 0 aromatic heterocycles. The van der Waals surface area contributed by atoms with Crippen molar-refractivity contribution in [3.63, 3.8) is 0 Å². The van der Waals surface area contributed by atoms with E-state index in [9.17, 15) is 9.18 Å². The van der Waals surface area contributed by atoms with Crippen LogP contribution in [0.3, 0.4) is 0 Å². The predicted octanol–water partition coefficient (Wildman–Crippen LogP) is 2.73. The van der Waals surface area contributed by atoms with Crippen LogP contribution >= 0.6 is 0 Å². The number of benzene rings is 1. The van der Waals surface area contributed by atoms with Gasteiger partial charge in [0.15, 0.2) is 6.61 Å². The number of fused-ring (bicyclic) bond motifs is 1. The van der Waals surface area contributed by atoms with E-state index < -0.39 is 0 Å². The molecule has 1 amide bonds. The Kier molecular flexibility index (Phi) is 3.99. The van der Waals surface area contributed by atoms with E-state index in [0.717, 1.165) is 19.4 Å². The van der Waals surface area contributed by atoms with Crippen molar-refractivity contribution in [3.8, 4) is 5.75 Å². The van der Waals surface area contributed by atoms with Gasteiger partial charge in [-0.15, -0.1) is 0 Å². The molecule has 5 heteroatoms. The second-order valence-corrected chi connectivity index (χ2v) is 7.72. The summed E-state index contributed by atoms with van der Waals surface area (Å²) in [6.07, 6.45) is 5.87. The summed E-state index contributed by atoms with van der Waals surface area (Å²) in [5, 5.41) is 3.75. The number of nitrogens with one attached hydrogen (secondary N) is 1. The first kappa shape index (κ1) is 15.9. The zero-order valence-electron chi connectivity index (χ0n) is 14.1. The highest BCUT2D eigenvalue weighted by Gasteiger charge is 2.55. The molecule has 1 aromatic carbocycles. The highest BCUT2D eigenvalue weighted by atomic mass is 19.1. The molecule has 1 saturated carbocycles. The SMILES string of the molecule is C[C@@]12C[C@H]3CN(C(=O)COc4cccc(F)c4)[C@@H]1CCCC[C@@H]2N3. The standard InChI is InChI=1S/C19H25FN2O2/c1-19-10-14-11-22(17(19)8-3-2-7-16(19)21-14)18(23)12-24-15-6-4-5-13(20)9-15/h4-6,9,14,16-17,21H,2-3,7-8,10-12H2,1H3/t14-,16-,17+,19-/m0/s1. The van der Waals surface area contributed by atoms with Gasteiger partial charge in [0.1, 0.15) is 11.6 Å². The van der Waals surface area contributed by atoms with Gasteiger partial charge in [-0.05, 0) is 31.4 Å². The summed E-state index contributed by atoms with van der Waals surface area (Å²) in [4.78, 5) is 14.8. The molecular weight excluding hydrogens is 307 g/mol. The van der Waals surface area contributed by atoms with Crippen LogP contribution in [0.4, 0.5) is 4.39 Å². The second-order valence-electron chi connectivity index (χ2n) is 7.72. The number of amides is 1. The number of hydrogen-bond acceptors (Lipinski definition) is 3. The molecule has 4 atom stereocenters. The summed E-state index contributed by atoms with van der Waals surface area (Å²) in [5.74, 6) is 0.0789. The monoisotopic (exact) mass is 332 g/mol. The van der Waals surface area contributed by atoms with Gasteiger partial charge < -0.3 is 15.0 Å². The van der Waals surface area contributed by atoms with E-state index in [1.807, 2.05) is 4.90 Å². The topological polar surface area (TPSA) is 41.6 Å². The van der Waals surface area contributed by atoms with Gasteiger partial charge in [0.25, 0.3) is 5.91 Å². The molecule has 0 spiro atoms. The smallest absolute Gasteiger partial charge is 0.260 e. The summed E-state index contributed by atoms with van der Waals surface area (Å²) in [5.41, 5.74) is 0.175. The maximum absolute atomic E-state index is 13.2. The van der Waals surface area contributed by atoms with Crippen LogP contribution < -0.4 is 10.1 Å². The van der Waals surface area contributed by atoms with Crippen LogP contribution in [0.2, 0.25) is 0 Å². The Morgan fingerprint density at radius 2 is 2.25 bits per heavy atom. The van der Waals surface area contributed by atoms with Crippen molar-refractivity contribution in [2.45, 2.75) is 57.2 Å². The largest absolute Gasteiger partial charge is 0.484 e. The first-order valence-electron chi connectivity index (χ1n) is 9.00. The molecule has 1 aromatic rings. The zero-order chi connectivity index (χ0) is 16.7. The third-order valence-corrected chi connectivity index (χ3v) is 6.17. The fraction of sp³-hybridized carbons (Fsp3) is 0.632. The minimum atomic E-state index is -0.348. The van der Waals surface area contributed by atoms with Crippen molar-refractivity contribution in [3.05, 3.63) is 30.1 Å². The fourth-order valence-corrected chi connectivity index (χ4v) is 5.06. The van der Waals surface area contributed by atoms with E-state index in [1.165, 1.54) is 31.4 Å². The number of nitrogens with zero attached hydrogens (tertiary/aromatic N) is 1. The molecule has 2 bridgehead atoms. The molecular formula is C19H25FN2O2. The lowest BCUT2D eigenvalue weighted by molar-refractivity contribution is -0.140. The number of carbonyl (C=O) groups is 1. The molecule has 1 aliphatic carbocycles. The average molecular weight is 332 g/mol. The number of rotatable bonds is 3. The third-order valence-electron chi connectivity index (χ3n) is 6.17. The molecule has 2 aliphatic heterocycles. The van der Waals surface area contributed by atoms with Crippen LogP contribution in [0, 0.1) is 11.2 Å². The molecule has 130 valence electrons. The maximum Gasteiger partial charge on any atom is 0.260 e. The van der Waals surface area contributed by atoms with Gasteiger partial charge in [0.05, 0.1) is 0 Å². The van der Waals surface area contributed by atoms with Crippen LogP contribution in [-0.2, 0) is 4.79 Å². The molecule has 2 saturated heterocycles. The lowest BCUT2D eigenvalue weighted by atomic mass is 9.71. The Hall–Kier alpha value is -1.62. The van der Waals surface area contributed by atoms with Gasteiger partial charge in [-0.3, -0.25) is 4.79 Å². The van der Waals surface area contributed by atoms with E-state index in [0.29, 0.717) is 23.9 Å². The minimum Gasteiger partial charge on any atom is -0.484 e. The lowest BCUT2D eigenvalue weighted by Crippen LogP contribution is -2.56. The molecule has 0 radical (unpaired) electrons. The third kappa shape index (κ3) is 2.69. The molecule has 4 nitrogen and oxygen atoms in total. The Labute approximate surface area is 142 Å². The molecule has 0 unspecified atom stereocenters. The summed E-state index contributed by atoms with van der Waals surface area (Å²) in [7, 11) is 0. The van der Waals surface area contributed by atoms with Crippen molar-refractivity contribution in [1.82, 2.24) is 10.2 Å². The lowest BCUT2D eigenvalue weighted by Gasteiger charge is -2.46. The molecule has 1 N–H and O–H groups in total. The normalized spacial score (nSPS) is 34.8. The minimum absolute atomic E-state index is 0.0181. The van der Waals surface area contributed by atoms with Crippen molar-refractivity contribution in [1.29, 1.82) is 0 Å². The average Bonchev–Trinajstić information content (AvgIpc) is 2.72. The van der Waals surface area contributed by atoms with Crippen molar-refractivity contribution in [2.24, 2.45) is 5.41 Å². The van der Waals surface area contributed by atoms with Crippen molar-refractivity contribution < 1.29 is 13.9 Å². The number of likely N-dealkylation sites (tertiary alicyclic amines) is 1. The number of hydrogen-bond donors (Lipinski definition) is 1. The summed E-state index contributed by atoms with van der Waals surface area (Å²) < 4.78 is 18.8. The van der Waals surface area contributed by atoms with Crippen LogP contribution in [-0.4, -0.2) is 42.1 Å². The first-order chi connectivity index (χ1) is 11.6. The molecule has 24 heavy (non-hydrogen) atoms. The van der Waals surface area contributed by atoms with Crippen LogP contribution in [0.25, 0.3) is 0 Å². The van der Waals surface area contributed by atoms with Crippen molar-refractivity contribution >= 4 is 5.91 Å². The Morgan fingerprint density at radius 3 is 3.08 bits per heavy atom. The summed E-state index contributed by atoms with van der Waals surface area (Å²) in [6.45, 7) is 3.09. The van der Waals surface area contributed by atoms with E-state index >= 15 is 0 Å². The van der Waals surface area contributed by atoms with Crippen molar-refractivity contribution in [2.75, 3.05) is 13.2 Å². The number of halogens is 1. The van der Waals surface area contributed by atoms with E-state index in [2.05, 4.69) is 12.2 Å². The van der Waals surface area contributed by atoms with E-state index in [1.54, 1.807) is 12.1 Å². The van der Waals surface area contributed by atoms with E-state index in [4.69, 9.17) is 4.74 Å². The molecule has 3 fully saturated rings. The maximum atomic E-state index is 13.2. The van der Waals surface area contributed by atoms with Crippen LogP contribution in [0.1, 0.15) is 39.0 Å². The van der Waals surface area contributed by atoms with E-state index in [-0.39, 0.29) is 23.7 Å². The van der Waals surface area contributed by atoms with Gasteiger partial charge in [0.2, 0.25) is 0 Å². The second kappa shape index (κ2) is 6.03. The zero-order valence-corrected chi connectivity index (χ0v) is 14.1. The molecule has 4 rings (SSSR count). The van der Waals surface area contributed by atoms with Crippen LogP contribution in [0.15, 0.2) is 24.3 Å². The van der Waals surface area contributed by atoms with Gasteiger partial charge in [0, 0.05) is 36.2 Å². The Balaban J connectivity index is 1.48. The first-order valence-corrected chi connectivity index (χ1v) is 9.00.